The van der Waals surface area contributed by atoms with Crippen LogP contribution in [0.4, 0.5) is 0 Å². The van der Waals surface area contributed by atoms with Gasteiger partial charge in [-0.2, -0.15) is 0 Å². The first kappa shape index (κ1) is 9.55. The smallest absolute Gasteiger partial charge is 0.0655 e. The van der Waals surface area contributed by atoms with Crippen molar-refractivity contribution in [2.75, 3.05) is 0 Å². The van der Waals surface area contributed by atoms with E-state index >= 15 is 0 Å². The highest BCUT2D eigenvalue weighted by Gasteiger charge is 2.05. The number of benzene rings is 1. The van der Waals surface area contributed by atoms with E-state index in [9.17, 15) is 0 Å². The summed E-state index contributed by atoms with van der Waals surface area (Å²) in [5, 5.41) is 2.23. The lowest BCUT2D eigenvalue weighted by molar-refractivity contribution is 1.69. The van der Waals surface area contributed by atoms with Gasteiger partial charge >= 0.3 is 0 Å². The normalized spacial score (nSPS) is 10.3. The van der Waals surface area contributed by atoms with Crippen molar-refractivity contribution in [2.24, 2.45) is 0 Å². The average molecular weight is 197 g/mol. The quantitative estimate of drug-likeness (QED) is 0.639. The standard InChI is InChI=1S/C10H13ClSi/c1-4-8-5-6-9(11)7-10(8)12(2)3/h4-7,12H,1H2,2-3H3. The number of halogens is 1. The molecule has 0 saturated carbocycles. The molecule has 0 unspecified atom stereocenters. The molecule has 0 aliphatic carbocycles. The van der Waals surface area contributed by atoms with Gasteiger partial charge < -0.3 is 0 Å². The number of hydrogen-bond acceptors (Lipinski definition) is 0. The molecule has 0 nitrogen and oxygen atoms in total. The zero-order chi connectivity index (χ0) is 9.14. The van der Waals surface area contributed by atoms with Crippen molar-refractivity contribution in [2.45, 2.75) is 13.1 Å². The van der Waals surface area contributed by atoms with Gasteiger partial charge in [-0.3, -0.25) is 0 Å². The van der Waals surface area contributed by atoms with Crippen LogP contribution >= 0.6 is 11.6 Å². The monoisotopic (exact) mass is 196 g/mol. The molecular weight excluding hydrogens is 184 g/mol. The Morgan fingerprint density at radius 3 is 2.58 bits per heavy atom. The molecule has 0 aromatic heterocycles. The van der Waals surface area contributed by atoms with Crippen molar-refractivity contribution < 1.29 is 0 Å². The summed E-state index contributed by atoms with van der Waals surface area (Å²) in [5.74, 6) is 0. The van der Waals surface area contributed by atoms with Gasteiger partial charge in [-0.15, -0.1) is 0 Å². The number of rotatable bonds is 2. The third-order valence-corrected chi connectivity index (χ3v) is 3.87. The Kier molecular flexibility index (Phi) is 3.12. The molecule has 12 heavy (non-hydrogen) atoms. The highest BCUT2D eigenvalue weighted by Crippen LogP contribution is 2.09. The molecule has 0 saturated heterocycles. The molecule has 1 rings (SSSR count). The lowest BCUT2D eigenvalue weighted by atomic mass is 10.2. The summed E-state index contributed by atoms with van der Waals surface area (Å²) in [6.45, 7) is 8.36. The fourth-order valence-corrected chi connectivity index (χ4v) is 2.91. The fourth-order valence-electron chi connectivity index (χ4n) is 1.23. The number of hydrogen-bond donors (Lipinski definition) is 0. The lowest BCUT2D eigenvalue weighted by Gasteiger charge is -2.08. The van der Waals surface area contributed by atoms with E-state index in [2.05, 4.69) is 25.7 Å². The Morgan fingerprint density at radius 1 is 1.42 bits per heavy atom. The topological polar surface area (TPSA) is 0 Å². The van der Waals surface area contributed by atoms with Gasteiger partial charge in [-0.05, 0) is 17.7 Å². The van der Waals surface area contributed by atoms with Crippen molar-refractivity contribution in [1.82, 2.24) is 0 Å². The Labute approximate surface area is 80.5 Å². The van der Waals surface area contributed by atoms with E-state index in [1.165, 1.54) is 10.8 Å². The van der Waals surface area contributed by atoms with Crippen LogP contribution in [0.3, 0.4) is 0 Å². The highest BCUT2D eigenvalue weighted by molar-refractivity contribution is 6.71. The van der Waals surface area contributed by atoms with Gasteiger partial charge in [-0.25, -0.2) is 0 Å². The van der Waals surface area contributed by atoms with Gasteiger partial charge in [0.1, 0.15) is 0 Å². The second-order valence-electron chi connectivity index (χ2n) is 3.13. The molecule has 0 fully saturated rings. The predicted molar refractivity (Wildman–Crippen MR) is 60.1 cm³/mol. The van der Waals surface area contributed by atoms with Crippen molar-refractivity contribution in [3.05, 3.63) is 35.4 Å². The summed E-state index contributed by atoms with van der Waals surface area (Å²) in [6.07, 6.45) is 1.90. The molecule has 0 amide bonds. The minimum absolute atomic E-state index is 0.770. The summed E-state index contributed by atoms with van der Waals surface area (Å²) in [4.78, 5) is 0. The zero-order valence-electron chi connectivity index (χ0n) is 7.47. The summed E-state index contributed by atoms with van der Waals surface area (Å²) in [5.41, 5.74) is 1.24. The van der Waals surface area contributed by atoms with Crippen molar-refractivity contribution >= 4 is 31.7 Å². The molecule has 0 bridgehead atoms. The van der Waals surface area contributed by atoms with E-state index in [1.54, 1.807) is 0 Å². The highest BCUT2D eigenvalue weighted by atomic mass is 35.5. The first-order valence-electron chi connectivity index (χ1n) is 4.07. The minimum Gasteiger partial charge on any atom is -0.0985 e. The molecule has 0 radical (unpaired) electrons. The maximum absolute atomic E-state index is 5.91. The van der Waals surface area contributed by atoms with Gasteiger partial charge in [0, 0.05) is 5.02 Å². The SMILES string of the molecule is C=Cc1ccc(Cl)cc1[SiH](C)C. The molecule has 0 aliphatic rings. The fraction of sp³-hybridized carbons (Fsp3) is 0.200. The molecule has 0 heterocycles. The van der Waals surface area contributed by atoms with Crippen LogP contribution in [0.2, 0.25) is 18.1 Å². The van der Waals surface area contributed by atoms with Crippen LogP contribution in [0.5, 0.6) is 0 Å². The second kappa shape index (κ2) is 3.92. The third kappa shape index (κ3) is 1.99. The van der Waals surface area contributed by atoms with Gasteiger partial charge in [0.25, 0.3) is 0 Å². The molecule has 0 atom stereocenters. The Morgan fingerprint density at radius 2 is 2.08 bits per heavy atom. The molecule has 1 aromatic rings. The summed E-state index contributed by atoms with van der Waals surface area (Å²) >= 11 is 5.91. The average Bonchev–Trinajstić information content (AvgIpc) is 2.04. The molecule has 64 valence electrons. The largest absolute Gasteiger partial charge is 0.0985 e. The zero-order valence-corrected chi connectivity index (χ0v) is 9.38. The molecular formula is C10H13ClSi. The molecule has 0 N–H and O–H groups in total. The second-order valence-corrected chi connectivity index (χ2v) is 6.50. The van der Waals surface area contributed by atoms with Crippen LogP contribution in [0.15, 0.2) is 24.8 Å². The van der Waals surface area contributed by atoms with Crippen LogP contribution in [0.25, 0.3) is 6.08 Å². The van der Waals surface area contributed by atoms with E-state index in [-0.39, 0.29) is 0 Å². The van der Waals surface area contributed by atoms with Gasteiger partial charge in [0.15, 0.2) is 0 Å². The van der Waals surface area contributed by atoms with Crippen molar-refractivity contribution in [3.8, 4) is 0 Å². The van der Waals surface area contributed by atoms with Crippen LogP contribution in [-0.4, -0.2) is 8.80 Å². The molecule has 0 spiro atoms. The third-order valence-electron chi connectivity index (χ3n) is 1.89. The van der Waals surface area contributed by atoms with Crippen molar-refractivity contribution in [3.63, 3.8) is 0 Å². The van der Waals surface area contributed by atoms with Crippen LogP contribution in [0, 0.1) is 0 Å². The minimum atomic E-state index is -0.770. The molecule has 1 aromatic carbocycles. The van der Waals surface area contributed by atoms with E-state index in [0.717, 1.165) is 5.02 Å². The summed E-state index contributed by atoms with van der Waals surface area (Å²) < 4.78 is 0. The van der Waals surface area contributed by atoms with E-state index in [1.807, 2.05) is 18.2 Å². The maximum atomic E-state index is 5.91. The van der Waals surface area contributed by atoms with Crippen LogP contribution in [0.1, 0.15) is 5.56 Å². The Balaban J connectivity index is 3.21. The summed E-state index contributed by atoms with van der Waals surface area (Å²) in [6, 6.07) is 6.02. The van der Waals surface area contributed by atoms with E-state index in [4.69, 9.17) is 11.6 Å². The van der Waals surface area contributed by atoms with Gasteiger partial charge in [0.05, 0.1) is 8.80 Å². The first-order chi connectivity index (χ1) is 5.65. The summed E-state index contributed by atoms with van der Waals surface area (Å²) in [7, 11) is -0.770. The first-order valence-corrected chi connectivity index (χ1v) is 7.33. The van der Waals surface area contributed by atoms with Crippen LogP contribution < -0.4 is 5.19 Å². The lowest BCUT2D eigenvalue weighted by Crippen LogP contribution is -2.25. The Bertz CT molecular complexity index is 292. The Hall–Kier alpha value is -0.533. The molecule has 0 aliphatic heterocycles. The van der Waals surface area contributed by atoms with E-state index in [0.29, 0.717) is 0 Å². The van der Waals surface area contributed by atoms with Gasteiger partial charge in [-0.1, -0.05) is 48.6 Å². The van der Waals surface area contributed by atoms with Crippen LogP contribution in [-0.2, 0) is 0 Å². The van der Waals surface area contributed by atoms with E-state index < -0.39 is 8.80 Å². The maximum Gasteiger partial charge on any atom is 0.0655 e. The predicted octanol–water partition coefficient (Wildman–Crippen LogP) is 2.68. The molecule has 2 heteroatoms. The van der Waals surface area contributed by atoms with Gasteiger partial charge in [0.2, 0.25) is 0 Å². The van der Waals surface area contributed by atoms with Crippen molar-refractivity contribution in [1.29, 1.82) is 0 Å².